The molecule has 2 aliphatic rings. The molecule has 1 aliphatic carbocycles. The van der Waals surface area contributed by atoms with E-state index in [-0.39, 0.29) is 23.4 Å². The van der Waals surface area contributed by atoms with Gasteiger partial charge in [0.2, 0.25) is 15.9 Å². The van der Waals surface area contributed by atoms with Crippen LogP contribution in [-0.4, -0.2) is 54.4 Å². The number of anilines is 1. The molecule has 3 N–H and O–H groups in total. The van der Waals surface area contributed by atoms with Crippen molar-refractivity contribution >= 4 is 56.8 Å². The van der Waals surface area contributed by atoms with Gasteiger partial charge in [-0.25, -0.2) is 23.6 Å². The number of carbonyl (C=O) groups excluding carboxylic acids is 3. The molecule has 1 fully saturated rings. The number of nitrogens with one attached hydrogen (secondary N) is 3. The lowest BCUT2D eigenvalue weighted by Gasteiger charge is -2.49. The number of carbonyl (C=O) groups is 3. The Labute approximate surface area is 271 Å². The molecule has 3 amide bonds. The Hall–Kier alpha value is -3.55. The van der Waals surface area contributed by atoms with Crippen molar-refractivity contribution in [2.75, 3.05) is 11.6 Å². The first-order chi connectivity index (χ1) is 21.4. The summed E-state index contributed by atoms with van der Waals surface area (Å²) in [6, 6.07) is 14.7. The monoisotopic (exact) mass is 673 g/mol. The maximum absolute atomic E-state index is 14.3. The molecule has 0 bridgehead atoms. The van der Waals surface area contributed by atoms with Gasteiger partial charge in [-0.3, -0.25) is 19.2 Å². The Morgan fingerprint density at radius 3 is 2.51 bits per heavy atom. The Bertz CT molecular complexity index is 1720. The molecule has 2 heterocycles. The van der Waals surface area contributed by atoms with Gasteiger partial charge in [-0.15, -0.1) is 0 Å². The van der Waals surface area contributed by atoms with E-state index in [1.54, 1.807) is 65.6 Å². The summed E-state index contributed by atoms with van der Waals surface area (Å²) in [6.45, 7) is 1.27. The predicted molar refractivity (Wildman–Crippen MR) is 170 cm³/mol. The average Bonchev–Trinajstić information content (AvgIpc) is 2.97. The first-order valence-corrected chi connectivity index (χ1v) is 17.1. The van der Waals surface area contributed by atoms with E-state index in [2.05, 4.69) is 20.5 Å². The molecule has 0 unspecified atom stereocenters. The van der Waals surface area contributed by atoms with Gasteiger partial charge in [-0.1, -0.05) is 66.4 Å². The van der Waals surface area contributed by atoms with Crippen LogP contribution in [0.1, 0.15) is 71.7 Å². The highest BCUT2D eigenvalue weighted by molar-refractivity contribution is 7.88. The highest BCUT2D eigenvalue weighted by atomic mass is 35.5. The standard InChI is InChI=1S/C31H33Cl2N5O6S/c1-18(39)34-27-13-7-8-20(35-27)17-44-36-30(40)28-21-9-3-4-10-22(21)31(41)38(29(28)23-15-14-19(32)16-24(23)33)26-12-6-5-11-25(26)37-45(2,42)43/h3-4,7-10,13-16,25-26,28-29,37H,5-6,11-12,17H2,1-2H3,(H,36,40)(H,34,35,39)/t25-,26-,28+,29-/m0/s1. The molecule has 3 aromatic rings. The number of aromatic nitrogens is 1. The van der Waals surface area contributed by atoms with Gasteiger partial charge >= 0.3 is 0 Å². The van der Waals surface area contributed by atoms with Crippen molar-refractivity contribution < 1.29 is 27.6 Å². The van der Waals surface area contributed by atoms with E-state index in [9.17, 15) is 22.8 Å². The van der Waals surface area contributed by atoms with Crippen LogP contribution in [0.2, 0.25) is 10.0 Å². The number of hydrogen-bond acceptors (Lipinski definition) is 7. The molecular formula is C31H33Cl2N5O6S. The van der Waals surface area contributed by atoms with Gasteiger partial charge in [0, 0.05) is 34.6 Å². The number of hydrogen-bond donors (Lipinski definition) is 3. The predicted octanol–water partition coefficient (Wildman–Crippen LogP) is 4.74. The van der Waals surface area contributed by atoms with Gasteiger partial charge in [-0.2, -0.15) is 0 Å². The summed E-state index contributed by atoms with van der Waals surface area (Å²) in [5.74, 6) is -1.80. The lowest BCUT2D eigenvalue weighted by molar-refractivity contribution is -0.138. The molecule has 1 aliphatic heterocycles. The molecule has 0 spiro atoms. The summed E-state index contributed by atoms with van der Waals surface area (Å²) in [5, 5.41) is 3.24. The van der Waals surface area contributed by atoms with Crippen LogP contribution in [0, 0.1) is 0 Å². The van der Waals surface area contributed by atoms with Crippen molar-refractivity contribution in [2.24, 2.45) is 0 Å². The van der Waals surface area contributed by atoms with Crippen molar-refractivity contribution in [3.8, 4) is 0 Å². The minimum atomic E-state index is -3.61. The smallest absolute Gasteiger partial charge is 0.255 e. The maximum Gasteiger partial charge on any atom is 0.255 e. The molecule has 11 nitrogen and oxygen atoms in total. The molecule has 2 aromatic carbocycles. The van der Waals surface area contributed by atoms with Crippen LogP contribution in [0.3, 0.4) is 0 Å². The molecule has 4 atom stereocenters. The summed E-state index contributed by atoms with van der Waals surface area (Å²) in [5.41, 5.74) is 4.28. The summed E-state index contributed by atoms with van der Waals surface area (Å²) in [7, 11) is -3.61. The van der Waals surface area contributed by atoms with Gasteiger partial charge in [0.25, 0.3) is 11.8 Å². The van der Waals surface area contributed by atoms with E-state index in [1.165, 1.54) is 6.92 Å². The Morgan fingerprint density at radius 1 is 1.02 bits per heavy atom. The van der Waals surface area contributed by atoms with Crippen molar-refractivity contribution in [1.82, 2.24) is 20.1 Å². The number of pyridine rings is 1. The molecule has 238 valence electrons. The number of hydroxylamine groups is 1. The average molecular weight is 675 g/mol. The van der Waals surface area contributed by atoms with Gasteiger partial charge < -0.3 is 10.2 Å². The number of rotatable bonds is 9. The van der Waals surface area contributed by atoms with Crippen LogP contribution in [0.4, 0.5) is 5.82 Å². The SMILES string of the molecule is CC(=O)Nc1cccc(CONC(=O)[C@@H]2c3ccccc3C(=O)N([C@H]3CCCC[C@@H]3NS(C)(=O)=O)[C@H]2c2ccc(Cl)cc2Cl)n1. The fourth-order valence-corrected chi connectivity index (χ4v) is 7.53. The van der Waals surface area contributed by atoms with Crippen LogP contribution >= 0.6 is 23.2 Å². The zero-order chi connectivity index (χ0) is 32.3. The summed E-state index contributed by atoms with van der Waals surface area (Å²) in [4.78, 5) is 51.5. The van der Waals surface area contributed by atoms with Crippen LogP contribution < -0.4 is 15.5 Å². The molecular weight excluding hydrogens is 641 g/mol. The van der Waals surface area contributed by atoms with Crippen LogP contribution in [0.5, 0.6) is 0 Å². The largest absolute Gasteiger partial charge is 0.326 e. The minimum Gasteiger partial charge on any atom is -0.326 e. The fraction of sp³-hybridized carbons (Fsp3) is 0.355. The van der Waals surface area contributed by atoms with E-state index in [4.69, 9.17) is 28.0 Å². The Morgan fingerprint density at radius 2 is 1.78 bits per heavy atom. The lowest BCUT2D eigenvalue weighted by Crippen LogP contribution is -2.59. The Balaban J connectivity index is 1.54. The molecule has 45 heavy (non-hydrogen) atoms. The first kappa shape index (κ1) is 32.8. The number of nitrogens with zero attached hydrogens (tertiary/aromatic N) is 2. The van der Waals surface area contributed by atoms with Crippen LogP contribution in [-0.2, 0) is 31.1 Å². The highest BCUT2D eigenvalue weighted by Crippen LogP contribution is 2.47. The molecule has 0 saturated heterocycles. The van der Waals surface area contributed by atoms with Crippen molar-refractivity contribution in [2.45, 2.75) is 63.3 Å². The third-order valence-electron chi connectivity index (χ3n) is 7.90. The van der Waals surface area contributed by atoms with E-state index >= 15 is 0 Å². The van der Waals surface area contributed by atoms with Gasteiger partial charge in [0.05, 0.1) is 23.9 Å². The fourth-order valence-electron chi connectivity index (χ4n) is 6.18. The van der Waals surface area contributed by atoms with Gasteiger partial charge in [-0.05, 0) is 54.3 Å². The summed E-state index contributed by atoms with van der Waals surface area (Å²) >= 11 is 13.0. The first-order valence-electron chi connectivity index (χ1n) is 14.4. The number of benzene rings is 2. The number of halogens is 2. The minimum absolute atomic E-state index is 0.106. The second-order valence-corrected chi connectivity index (χ2v) is 13.8. The number of sulfonamides is 1. The van der Waals surface area contributed by atoms with Crippen molar-refractivity contribution in [3.05, 3.63) is 93.1 Å². The molecule has 0 radical (unpaired) electrons. The molecule has 5 rings (SSSR count). The zero-order valence-corrected chi connectivity index (χ0v) is 27.0. The second kappa shape index (κ2) is 13.8. The van der Waals surface area contributed by atoms with Crippen molar-refractivity contribution in [3.63, 3.8) is 0 Å². The van der Waals surface area contributed by atoms with Crippen LogP contribution in [0.15, 0.2) is 60.7 Å². The van der Waals surface area contributed by atoms with Gasteiger partial charge in [0.15, 0.2) is 0 Å². The third kappa shape index (κ3) is 7.64. The molecule has 1 aromatic heterocycles. The topological polar surface area (TPSA) is 147 Å². The van der Waals surface area contributed by atoms with E-state index < -0.39 is 40.0 Å². The normalized spacial score (nSPS) is 21.6. The zero-order valence-electron chi connectivity index (χ0n) is 24.6. The molecule has 1 saturated carbocycles. The summed E-state index contributed by atoms with van der Waals surface area (Å²) in [6.07, 6.45) is 3.68. The summed E-state index contributed by atoms with van der Waals surface area (Å²) < 4.78 is 27.5. The third-order valence-corrected chi connectivity index (χ3v) is 9.19. The van der Waals surface area contributed by atoms with Crippen LogP contribution in [0.25, 0.3) is 0 Å². The van der Waals surface area contributed by atoms with E-state index in [1.807, 2.05) is 0 Å². The Kier molecular flexibility index (Phi) is 10.1. The number of amides is 3. The maximum atomic E-state index is 14.3. The highest BCUT2D eigenvalue weighted by Gasteiger charge is 2.49. The number of fused-ring (bicyclic) bond motifs is 1. The van der Waals surface area contributed by atoms with Crippen molar-refractivity contribution in [1.29, 1.82) is 0 Å². The van der Waals surface area contributed by atoms with E-state index in [0.717, 1.165) is 19.1 Å². The molecule has 14 heteroatoms. The lowest BCUT2D eigenvalue weighted by atomic mass is 9.76. The van der Waals surface area contributed by atoms with Gasteiger partial charge in [0.1, 0.15) is 12.4 Å². The second-order valence-electron chi connectivity index (χ2n) is 11.2. The quantitative estimate of drug-likeness (QED) is 0.278. The van der Waals surface area contributed by atoms with E-state index in [0.29, 0.717) is 46.1 Å².